The first-order chi connectivity index (χ1) is 6.91. The summed E-state index contributed by atoms with van der Waals surface area (Å²) < 4.78 is 5.40. The van der Waals surface area contributed by atoms with E-state index in [-0.39, 0.29) is 11.7 Å². The Morgan fingerprint density at radius 2 is 1.93 bits per heavy atom. The SMILES string of the molecule is CC(C)(C)C1CCC2(CC1)CNC(=O)O2. The minimum absolute atomic E-state index is 0.168. The molecule has 15 heavy (non-hydrogen) atoms. The number of carbonyl (C=O) groups excluding carboxylic acids is 1. The summed E-state index contributed by atoms with van der Waals surface area (Å²) in [5.41, 5.74) is 0.219. The largest absolute Gasteiger partial charge is 0.441 e. The number of ether oxygens (including phenoxy) is 1. The van der Waals surface area contributed by atoms with Gasteiger partial charge in [-0.2, -0.15) is 0 Å². The van der Waals surface area contributed by atoms with E-state index in [1.165, 1.54) is 12.8 Å². The van der Waals surface area contributed by atoms with Crippen molar-refractivity contribution < 1.29 is 9.53 Å². The number of rotatable bonds is 0. The molecule has 1 aliphatic carbocycles. The van der Waals surface area contributed by atoms with Crippen molar-refractivity contribution in [2.75, 3.05) is 6.54 Å². The van der Waals surface area contributed by atoms with Gasteiger partial charge >= 0.3 is 6.09 Å². The monoisotopic (exact) mass is 211 g/mol. The van der Waals surface area contributed by atoms with Gasteiger partial charge in [0, 0.05) is 0 Å². The Kier molecular flexibility index (Phi) is 2.44. The molecule has 0 unspecified atom stereocenters. The second-order valence-corrected chi connectivity index (χ2v) is 6.07. The maximum atomic E-state index is 11.1. The molecule has 1 N–H and O–H groups in total. The standard InChI is InChI=1S/C12H21NO2/c1-11(2,3)9-4-6-12(7-5-9)8-13-10(14)15-12/h9H,4-8H2,1-3H3,(H,13,14). The van der Waals surface area contributed by atoms with Crippen LogP contribution in [0.15, 0.2) is 0 Å². The van der Waals surface area contributed by atoms with Crippen LogP contribution in [0.3, 0.4) is 0 Å². The Balaban J connectivity index is 1.95. The minimum Gasteiger partial charge on any atom is -0.441 e. The summed E-state index contributed by atoms with van der Waals surface area (Å²) >= 11 is 0. The van der Waals surface area contributed by atoms with E-state index >= 15 is 0 Å². The van der Waals surface area contributed by atoms with Crippen molar-refractivity contribution in [1.82, 2.24) is 5.32 Å². The van der Waals surface area contributed by atoms with Crippen molar-refractivity contribution in [2.45, 2.75) is 52.1 Å². The molecule has 1 spiro atoms. The second-order valence-electron chi connectivity index (χ2n) is 6.07. The van der Waals surface area contributed by atoms with E-state index < -0.39 is 0 Å². The topological polar surface area (TPSA) is 38.3 Å². The van der Waals surface area contributed by atoms with Crippen molar-refractivity contribution in [3.63, 3.8) is 0 Å². The van der Waals surface area contributed by atoms with Crippen molar-refractivity contribution in [3.05, 3.63) is 0 Å². The van der Waals surface area contributed by atoms with Gasteiger partial charge in [0.1, 0.15) is 5.60 Å². The van der Waals surface area contributed by atoms with Crippen LogP contribution < -0.4 is 5.32 Å². The average Bonchev–Trinajstić information content (AvgIpc) is 2.47. The molecule has 1 saturated heterocycles. The van der Waals surface area contributed by atoms with E-state index in [4.69, 9.17) is 4.74 Å². The fourth-order valence-electron chi connectivity index (χ4n) is 2.79. The molecule has 3 nitrogen and oxygen atoms in total. The summed E-state index contributed by atoms with van der Waals surface area (Å²) in [5.74, 6) is 0.766. The van der Waals surface area contributed by atoms with E-state index in [2.05, 4.69) is 26.1 Å². The lowest BCUT2D eigenvalue weighted by atomic mass is 9.68. The van der Waals surface area contributed by atoms with Gasteiger partial charge in [-0.3, -0.25) is 0 Å². The molecule has 0 bridgehead atoms. The van der Waals surface area contributed by atoms with Crippen LogP contribution in [0.25, 0.3) is 0 Å². The van der Waals surface area contributed by atoms with Gasteiger partial charge < -0.3 is 10.1 Å². The maximum absolute atomic E-state index is 11.1. The molecule has 1 aliphatic heterocycles. The molecular weight excluding hydrogens is 190 g/mol. The zero-order chi connectivity index (χ0) is 11.1. The van der Waals surface area contributed by atoms with Gasteiger partial charge in [-0.1, -0.05) is 20.8 Å². The zero-order valence-electron chi connectivity index (χ0n) is 9.93. The molecule has 2 rings (SSSR count). The first-order valence-corrected chi connectivity index (χ1v) is 5.88. The van der Waals surface area contributed by atoms with Crippen LogP contribution in [-0.4, -0.2) is 18.2 Å². The number of hydrogen-bond acceptors (Lipinski definition) is 2. The van der Waals surface area contributed by atoms with Crippen LogP contribution in [0.4, 0.5) is 4.79 Å². The molecule has 0 aromatic carbocycles. The van der Waals surface area contributed by atoms with E-state index in [9.17, 15) is 4.79 Å². The normalized spacial score (nSPS) is 36.5. The van der Waals surface area contributed by atoms with Crippen LogP contribution in [0.5, 0.6) is 0 Å². The number of carbonyl (C=O) groups is 1. The summed E-state index contributed by atoms with van der Waals surface area (Å²) in [6.45, 7) is 7.61. The fourth-order valence-corrected chi connectivity index (χ4v) is 2.79. The van der Waals surface area contributed by atoms with Gasteiger partial charge in [0.2, 0.25) is 0 Å². The van der Waals surface area contributed by atoms with Crippen LogP contribution in [0.2, 0.25) is 0 Å². The Bertz CT molecular complexity index is 259. The van der Waals surface area contributed by atoms with E-state index in [0.29, 0.717) is 12.0 Å². The third-order valence-corrected chi connectivity index (χ3v) is 3.99. The van der Waals surface area contributed by atoms with E-state index in [1.807, 2.05) is 0 Å². The lowest BCUT2D eigenvalue weighted by Crippen LogP contribution is -2.40. The first kappa shape index (κ1) is 10.8. The molecule has 0 atom stereocenters. The average molecular weight is 211 g/mol. The third-order valence-electron chi connectivity index (χ3n) is 3.99. The predicted molar refractivity (Wildman–Crippen MR) is 58.6 cm³/mol. The Labute approximate surface area is 91.6 Å². The summed E-state index contributed by atoms with van der Waals surface area (Å²) in [5, 5.41) is 2.77. The Morgan fingerprint density at radius 1 is 1.33 bits per heavy atom. The number of amides is 1. The molecule has 3 heteroatoms. The highest BCUT2D eigenvalue weighted by molar-refractivity contribution is 5.70. The minimum atomic E-state index is -0.232. The number of nitrogens with one attached hydrogen (secondary N) is 1. The summed E-state index contributed by atoms with van der Waals surface area (Å²) in [6.07, 6.45) is 4.17. The highest BCUT2D eigenvalue weighted by atomic mass is 16.6. The van der Waals surface area contributed by atoms with Gasteiger partial charge in [-0.05, 0) is 37.0 Å². The number of alkyl carbamates (subject to hydrolysis) is 1. The van der Waals surface area contributed by atoms with Crippen LogP contribution in [0.1, 0.15) is 46.5 Å². The second kappa shape index (κ2) is 3.39. The molecular formula is C12H21NO2. The van der Waals surface area contributed by atoms with Gasteiger partial charge in [0.25, 0.3) is 0 Å². The Morgan fingerprint density at radius 3 is 2.33 bits per heavy atom. The molecule has 1 amide bonds. The molecule has 1 heterocycles. The van der Waals surface area contributed by atoms with E-state index in [0.717, 1.165) is 18.8 Å². The van der Waals surface area contributed by atoms with Gasteiger partial charge in [-0.25, -0.2) is 4.79 Å². The molecule has 0 aromatic heterocycles. The summed E-state index contributed by atoms with van der Waals surface area (Å²) in [7, 11) is 0. The smallest absolute Gasteiger partial charge is 0.407 e. The lowest BCUT2D eigenvalue weighted by molar-refractivity contribution is -0.00331. The van der Waals surface area contributed by atoms with Crippen LogP contribution >= 0.6 is 0 Å². The van der Waals surface area contributed by atoms with Crippen LogP contribution in [0, 0.1) is 11.3 Å². The van der Waals surface area contributed by atoms with Gasteiger partial charge in [0.05, 0.1) is 6.54 Å². The first-order valence-electron chi connectivity index (χ1n) is 5.88. The predicted octanol–water partition coefficient (Wildman–Crippen LogP) is 2.70. The quantitative estimate of drug-likeness (QED) is 0.669. The molecule has 1 saturated carbocycles. The number of hydrogen-bond donors (Lipinski definition) is 1. The summed E-state index contributed by atoms with van der Waals surface area (Å²) in [6, 6.07) is 0. The zero-order valence-corrected chi connectivity index (χ0v) is 9.93. The highest BCUT2D eigenvalue weighted by Crippen LogP contribution is 2.43. The third kappa shape index (κ3) is 2.11. The van der Waals surface area contributed by atoms with Crippen LogP contribution in [-0.2, 0) is 4.74 Å². The van der Waals surface area contributed by atoms with Gasteiger partial charge in [-0.15, -0.1) is 0 Å². The molecule has 0 radical (unpaired) electrons. The highest BCUT2D eigenvalue weighted by Gasteiger charge is 2.44. The van der Waals surface area contributed by atoms with Gasteiger partial charge in [0.15, 0.2) is 0 Å². The van der Waals surface area contributed by atoms with E-state index in [1.54, 1.807) is 0 Å². The molecule has 2 fully saturated rings. The lowest BCUT2D eigenvalue weighted by Gasteiger charge is -2.40. The van der Waals surface area contributed by atoms with Crippen molar-refractivity contribution in [1.29, 1.82) is 0 Å². The molecule has 2 aliphatic rings. The van der Waals surface area contributed by atoms with Crippen molar-refractivity contribution >= 4 is 6.09 Å². The fraction of sp³-hybridized carbons (Fsp3) is 0.917. The maximum Gasteiger partial charge on any atom is 0.407 e. The van der Waals surface area contributed by atoms with Crippen molar-refractivity contribution in [2.24, 2.45) is 11.3 Å². The van der Waals surface area contributed by atoms with Crippen molar-refractivity contribution in [3.8, 4) is 0 Å². The molecule has 0 aromatic rings. The molecule has 86 valence electrons. The Hall–Kier alpha value is -0.730. The summed E-state index contributed by atoms with van der Waals surface area (Å²) in [4.78, 5) is 11.1.